The van der Waals surface area contributed by atoms with Crippen LogP contribution in [0.25, 0.3) is 0 Å². The van der Waals surface area contributed by atoms with Gasteiger partial charge in [-0.2, -0.15) is 0 Å². The van der Waals surface area contributed by atoms with Crippen LogP contribution in [0.2, 0.25) is 11.5 Å². The average Bonchev–Trinajstić information content (AvgIpc) is 1.84. The van der Waals surface area contributed by atoms with Crippen molar-refractivity contribution in [3.05, 3.63) is 11.0 Å². The first kappa shape index (κ1) is 11.2. The van der Waals surface area contributed by atoms with Crippen LogP contribution in [0.4, 0.5) is 0 Å². The zero-order valence-corrected chi connectivity index (χ0v) is 10.7. The summed E-state index contributed by atoms with van der Waals surface area (Å²) in [5, 5.41) is 0. The summed E-state index contributed by atoms with van der Waals surface area (Å²) in [4.78, 5) is 0. The van der Waals surface area contributed by atoms with E-state index in [0.717, 1.165) is 0 Å². The predicted molar refractivity (Wildman–Crippen MR) is 53.1 cm³/mol. The van der Waals surface area contributed by atoms with Crippen molar-refractivity contribution < 1.29 is 3.76 Å². The Hall–Kier alpha value is 0.243. The first-order chi connectivity index (χ1) is 4.72. The predicted octanol–water partition coefficient (Wildman–Crippen LogP) is 2.98. The van der Waals surface area contributed by atoms with Gasteiger partial charge >= 0.3 is 73.2 Å². The summed E-state index contributed by atoms with van der Waals surface area (Å²) in [5.41, 5.74) is 0.208. The Kier molecular flexibility index (Phi) is 3.39. The molecule has 0 fully saturated rings. The van der Waals surface area contributed by atoms with Gasteiger partial charge in [0, 0.05) is 0 Å². The van der Waals surface area contributed by atoms with Crippen LogP contribution in [0.15, 0.2) is 11.0 Å². The van der Waals surface area contributed by atoms with Crippen molar-refractivity contribution in [2.24, 2.45) is 5.41 Å². The van der Waals surface area contributed by atoms with Crippen LogP contribution in [0.3, 0.4) is 0 Å². The molecule has 0 bridgehead atoms. The number of rotatable bonds is 2. The number of hydrogen-bond acceptors (Lipinski definition) is 1. The molecule has 0 spiro atoms. The van der Waals surface area contributed by atoms with Crippen molar-refractivity contribution in [1.29, 1.82) is 0 Å². The molecule has 0 rings (SSSR count). The van der Waals surface area contributed by atoms with Gasteiger partial charge in [0.15, 0.2) is 0 Å². The summed E-state index contributed by atoms with van der Waals surface area (Å²) < 4.78 is 6.83. The Morgan fingerprint density at radius 1 is 1.27 bits per heavy atom. The molecular formula is C9H20GeO. The normalized spacial score (nSPS) is 13.3. The van der Waals surface area contributed by atoms with Crippen molar-refractivity contribution >= 4 is 13.6 Å². The van der Waals surface area contributed by atoms with E-state index < -0.39 is 13.6 Å². The Morgan fingerprint density at radius 2 is 1.64 bits per heavy atom. The molecule has 1 nitrogen and oxygen atoms in total. The van der Waals surface area contributed by atoms with Crippen LogP contribution in [-0.2, 0) is 3.76 Å². The fourth-order valence-corrected chi connectivity index (χ4v) is 5.33. The van der Waals surface area contributed by atoms with Gasteiger partial charge in [0.2, 0.25) is 0 Å². The quantitative estimate of drug-likeness (QED) is 0.645. The second-order valence-corrected chi connectivity index (χ2v) is 12.9. The van der Waals surface area contributed by atoms with Crippen LogP contribution in [0.5, 0.6) is 0 Å². The SMILES string of the molecule is C=[C](C(C)(C)C)[Ge]([CH3])([CH3])[O]C. The number of hydrogen-bond donors (Lipinski definition) is 0. The van der Waals surface area contributed by atoms with Crippen molar-refractivity contribution in [2.45, 2.75) is 32.3 Å². The molecule has 0 amide bonds. The second-order valence-electron chi connectivity index (χ2n) is 4.44. The zero-order valence-electron chi connectivity index (χ0n) is 8.62. The second kappa shape index (κ2) is 3.32. The molecule has 0 radical (unpaired) electrons. The summed E-state index contributed by atoms with van der Waals surface area (Å²) in [7, 11) is 1.80. The van der Waals surface area contributed by atoms with E-state index in [1.807, 2.05) is 0 Å². The molecule has 0 aliphatic rings. The summed E-state index contributed by atoms with van der Waals surface area (Å²) in [5.74, 6) is 4.46. The maximum absolute atomic E-state index is 5.51. The van der Waals surface area contributed by atoms with E-state index in [2.05, 4.69) is 38.9 Å². The van der Waals surface area contributed by atoms with Gasteiger partial charge in [-0.05, 0) is 0 Å². The molecule has 66 valence electrons. The standard InChI is InChI=1S/C9H20GeO/c1-8(9(2,3)4)10(5,6)11-7/h1H2,2-7H3. The van der Waals surface area contributed by atoms with E-state index in [-0.39, 0.29) is 5.41 Å². The molecule has 0 aromatic rings. The van der Waals surface area contributed by atoms with E-state index >= 15 is 0 Å². The molecule has 0 saturated heterocycles. The Labute approximate surface area is 73.5 Å². The van der Waals surface area contributed by atoms with Gasteiger partial charge in [-0.1, -0.05) is 0 Å². The van der Waals surface area contributed by atoms with Crippen LogP contribution in [0.1, 0.15) is 20.8 Å². The molecular weight excluding hydrogens is 197 g/mol. The first-order valence-corrected chi connectivity index (χ1v) is 10.1. The first-order valence-electron chi connectivity index (χ1n) is 3.97. The minimum absolute atomic E-state index is 0.208. The van der Waals surface area contributed by atoms with Crippen LogP contribution < -0.4 is 0 Å². The molecule has 11 heavy (non-hydrogen) atoms. The molecule has 0 saturated carbocycles. The van der Waals surface area contributed by atoms with E-state index in [4.69, 9.17) is 3.76 Å². The van der Waals surface area contributed by atoms with Crippen molar-refractivity contribution in [3.63, 3.8) is 0 Å². The van der Waals surface area contributed by atoms with Gasteiger partial charge in [0.1, 0.15) is 0 Å². The van der Waals surface area contributed by atoms with E-state index in [1.165, 1.54) is 4.41 Å². The van der Waals surface area contributed by atoms with E-state index in [1.54, 1.807) is 7.11 Å². The van der Waals surface area contributed by atoms with Crippen LogP contribution >= 0.6 is 0 Å². The van der Waals surface area contributed by atoms with Gasteiger partial charge in [0.25, 0.3) is 0 Å². The van der Waals surface area contributed by atoms with Gasteiger partial charge < -0.3 is 0 Å². The van der Waals surface area contributed by atoms with Crippen LogP contribution in [0, 0.1) is 5.41 Å². The summed E-state index contributed by atoms with van der Waals surface area (Å²) >= 11 is -2.10. The monoisotopic (exact) mass is 218 g/mol. The van der Waals surface area contributed by atoms with Crippen molar-refractivity contribution in [3.8, 4) is 0 Å². The third-order valence-corrected chi connectivity index (χ3v) is 8.91. The summed E-state index contributed by atoms with van der Waals surface area (Å²) in [6.45, 7) is 10.7. The van der Waals surface area contributed by atoms with E-state index in [0.29, 0.717) is 0 Å². The Bertz CT molecular complexity index is 153. The molecule has 0 atom stereocenters. The van der Waals surface area contributed by atoms with Crippen LogP contribution in [-0.4, -0.2) is 20.7 Å². The minimum atomic E-state index is -2.10. The number of allylic oxidation sites excluding steroid dienone is 1. The molecule has 0 aromatic carbocycles. The Morgan fingerprint density at radius 3 is 1.73 bits per heavy atom. The molecule has 0 heterocycles. The Balaban J connectivity index is 4.50. The topological polar surface area (TPSA) is 9.23 Å². The van der Waals surface area contributed by atoms with Gasteiger partial charge in [-0.3, -0.25) is 0 Å². The zero-order chi connectivity index (χ0) is 9.28. The third-order valence-electron chi connectivity index (χ3n) is 2.14. The molecule has 0 aliphatic heterocycles. The molecule has 2 heteroatoms. The molecule has 0 aliphatic carbocycles. The van der Waals surface area contributed by atoms with Gasteiger partial charge in [-0.15, -0.1) is 0 Å². The van der Waals surface area contributed by atoms with Gasteiger partial charge in [-0.25, -0.2) is 0 Å². The fraction of sp³-hybridized carbons (Fsp3) is 0.778. The fourth-order valence-electron chi connectivity index (χ4n) is 1.03. The van der Waals surface area contributed by atoms with Crippen molar-refractivity contribution in [2.75, 3.05) is 7.11 Å². The molecule has 0 unspecified atom stereocenters. The molecule has 0 N–H and O–H groups in total. The third kappa shape index (κ3) is 3.00. The summed E-state index contributed by atoms with van der Waals surface area (Å²) in [6, 6.07) is 0. The van der Waals surface area contributed by atoms with Gasteiger partial charge in [0.05, 0.1) is 0 Å². The molecule has 0 aromatic heterocycles. The maximum atomic E-state index is 5.51. The average molecular weight is 217 g/mol. The summed E-state index contributed by atoms with van der Waals surface area (Å²) in [6.07, 6.45) is 0. The van der Waals surface area contributed by atoms with Crippen molar-refractivity contribution in [1.82, 2.24) is 0 Å². The van der Waals surface area contributed by atoms with E-state index in [9.17, 15) is 0 Å².